The van der Waals surface area contributed by atoms with Gasteiger partial charge in [0.25, 0.3) is 0 Å². The number of hydrogen-bond acceptors (Lipinski definition) is 3. The number of rotatable bonds is 6. The fourth-order valence-corrected chi connectivity index (χ4v) is 2.40. The Morgan fingerprint density at radius 3 is 2.25 bits per heavy atom. The number of nitrogens with zero attached hydrogens (tertiary/aromatic N) is 1. The molecule has 2 aromatic carbocycles. The van der Waals surface area contributed by atoms with Crippen molar-refractivity contribution in [2.24, 2.45) is 0 Å². The highest BCUT2D eigenvalue weighted by molar-refractivity contribution is 5.89. The minimum atomic E-state index is -0.211. The van der Waals surface area contributed by atoms with E-state index in [1.165, 1.54) is 5.56 Å². The van der Waals surface area contributed by atoms with Gasteiger partial charge in [0.05, 0.1) is 7.11 Å². The van der Waals surface area contributed by atoms with Crippen molar-refractivity contribution in [1.29, 1.82) is 0 Å². The summed E-state index contributed by atoms with van der Waals surface area (Å²) in [4.78, 5) is 14.1. The molecule has 0 aliphatic heterocycles. The van der Waals surface area contributed by atoms with Crippen LogP contribution in [0.3, 0.4) is 0 Å². The van der Waals surface area contributed by atoms with Gasteiger partial charge in [0.15, 0.2) is 0 Å². The zero-order chi connectivity index (χ0) is 17.5. The monoisotopic (exact) mass is 327 g/mol. The Morgan fingerprint density at radius 2 is 1.71 bits per heavy atom. The van der Waals surface area contributed by atoms with Crippen LogP contribution in [0.1, 0.15) is 12.5 Å². The summed E-state index contributed by atoms with van der Waals surface area (Å²) in [5.74, 6) is 0.760. The lowest BCUT2D eigenvalue weighted by Crippen LogP contribution is -2.37. The van der Waals surface area contributed by atoms with Gasteiger partial charge >= 0.3 is 6.03 Å². The summed E-state index contributed by atoms with van der Waals surface area (Å²) in [5, 5.41) is 5.77. The van der Waals surface area contributed by atoms with Gasteiger partial charge in [0.1, 0.15) is 5.75 Å². The van der Waals surface area contributed by atoms with Crippen LogP contribution >= 0.6 is 0 Å². The summed E-state index contributed by atoms with van der Waals surface area (Å²) >= 11 is 0. The number of nitrogens with one attached hydrogen (secondary N) is 2. The second kappa shape index (κ2) is 8.24. The Hall–Kier alpha value is -2.69. The number of carbonyl (C=O) groups is 1. The van der Waals surface area contributed by atoms with Crippen LogP contribution < -0.4 is 20.3 Å². The first-order valence-electron chi connectivity index (χ1n) is 7.96. The SMILES string of the molecule is COc1ccc(NC(=O)N[C@@H](C)Cc2ccc(N(C)C)cc2)cc1. The van der Waals surface area contributed by atoms with E-state index in [0.29, 0.717) is 0 Å². The zero-order valence-electron chi connectivity index (χ0n) is 14.7. The average molecular weight is 327 g/mol. The highest BCUT2D eigenvalue weighted by atomic mass is 16.5. The molecule has 5 heteroatoms. The highest BCUT2D eigenvalue weighted by Crippen LogP contribution is 2.15. The maximum atomic E-state index is 12.1. The number of ether oxygens (including phenoxy) is 1. The van der Waals surface area contributed by atoms with Gasteiger partial charge in [-0.3, -0.25) is 0 Å². The van der Waals surface area contributed by atoms with E-state index in [1.807, 2.05) is 45.3 Å². The van der Waals surface area contributed by atoms with Crippen molar-refractivity contribution < 1.29 is 9.53 Å². The van der Waals surface area contributed by atoms with E-state index in [4.69, 9.17) is 4.74 Å². The number of carbonyl (C=O) groups excluding carboxylic acids is 1. The van der Waals surface area contributed by atoms with E-state index < -0.39 is 0 Å². The van der Waals surface area contributed by atoms with E-state index in [9.17, 15) is 4.79 Å². The molecular formula is C19H25N3O2. The van der Waals surface area contributed by atoms with E-state index in [-0.39, 0.29) is 12.1 Å². The van der Waals surface area contributed by atoms with Crippen molar-refractivity contribution in [3.8, 4) is 5.75 Å². The van der Waals surface area contributed by atoms with Gasteiger partial charge < -0.3 is 20.3 Å². The number of methoxy groups -OCH3 is 1. The van der Waals surface area contributed by atoms with Gasteiger partial charge in [0, 0.05) is 31.5 Å². The van der Waals surface area contributed by atoms with Crippen LogP contribution in [0, 0.1) is 0 Å². The number of anilines is 2. The molecule has 0 radical (unpaired) electrons. The Labute approximate surface area is 143 Å². The van der Waals surface area contributed by atoms with Crippen molar-refractivity contribution in [1.82, 2.24) is 5.32 Å². The van der Waals surface area contributed by atoms with Gasteiger partial charge in [0.2, 0.25) is 0 Å². The molecule has 0 saturated heterocycles. The van der Waals surface area contributed by atoms with Crippen molar-refractivity contribution in [3.63, 3.8) is 0 Å². The summed E-state index contributed by atoms with van der Waals surface area (Å²) in [7, 11) is 5.65. The first kappa shape index (κ1) is 17.7. The maximum absolute atomic E-state index is 12.1. The first-order chi connectivity index (χ1) is 11.5. The molecule has 128 valence electrons. The largest absolute Gasteiger partial charge is 0.497 e. The standard InChI is InChI=1S/C19H25N3O2/c1-14(13-15-5-9-17(10-6-15)22(2)3)20-19(23)21-16-7-11-18(24-4)12-8-16/h5-12,14H,13H2,1-4H3,(H2,20,21,23)/t14-/m0/s1. The van der Waals surface area contributed by atoms with Crippen molar-refractivity contribution in [2.75, 3.05) is 31.4 Å². The lowest BCUT2D eigenvalue weighted by molar-refractivity contribution is 0.249. The molecule has 0 saturated carbocycles. The Kier molecular flexibility index (Phi) is 6.07. The zero-order valence-corrected chi connectivity index (χ0v) is 14.7. The molecule has 0 bridgehead atoms. The molecule has 1 atom stereocenters. The van der Waals surface area contributed by atoms with Crippen LogP contribution in [0.5, 0.6) is 5.75 Å². The van der Waals surface area contributed by atoms with Crippen LogP contribution in [0.2, 0.25) is 0 Å². The lowest BCUT2D eigenvalue weighted by Gasteiger charge is -2.16. The number of benzene rings is 2. The summed E-state index contributed by atoms with van der Waals surface area (Å²) < 4.78 is 5.10. The third-order valence-electron chi connectivity index (χ3n) is 3.72. The average Bonchev–Trinajstić information content (AvgIpc) is 2.55. The molecule has 24 heavy (non-hydrogen) atoms. The van der Waals surface area contributed by atoms with E-state index in [0.717, 1.165) is 23.5 Å². The molecule has 2 rings (SSSR count). The Morgan fingerprint density at radius 1 is 1.08 bits per heavy atom. The molecule has 0 aromatic heterocycles. The van der Waals surface area contributed by atoms with Crippen molar-refractivity contribution in [2.45, 2.75) is 19.4 Å². The predicted molar refractivity (Wildman–Crippen MR) is 99.1 cm³/mol. The molecule has 5 nitrogen and oxygen atoms in total. The van der Waals surface area contributed by atoms with Gasteiger partial charge in [-0.05, 0) is 55.3 Å². The number of hydrogen-bond donors (Lipinski definition) is 2. The smallest absolute Gasteiger partial charge is 0.319 e. The molecule has 0 aliphatic carbocycles. The molecule has 0 aliphatic rings. The van der Waals surface area contributed by atoms with E-state index >= 15 is 0 Å². The van der Waals surface area contributed by atoms with E-state index in [1.54, 1.807) is 7.11 Å². The van der Waals surface area contributed by atoms with Crippen molar-refractivity contribution in [3.05, 3.63) is 54.1 Å². The molecule has 0 unspecified atom stereocenters. The van der Waals surface area contributed by atoms with Crippen LogP contribution in [0.4, 0.5) is 16.2 Å². The van der Waals surface area contributed by atoms with E-state index in [2.05, 4.69) is 39.8 Å². The van der Waals surface area contributed by atoms with Crippen molar-refractivity contribution >= 4 is 17.4 Å². The van der Waals surface area contributed by atoms with Crippen LogP contribution in [-0.2, 0) is 6.42 Å². The summed E-state index contributed by atoms with van der Waals surface area (Å²) in [6.07, 6.45) is 0.781. The minimum absolute atomic E-state index is 0.0356. The number of urea groups is 1. The lowest BCUT2D eigenvalue weighted by atomic mass is 10.1. The fourth-order valence-electron chi connectivity index (χ4n) is 2.40. The number of amides is 2. The molecule has 0 fully saturated rings. The topological polar surface area (TPSA) is 53.6 Å². The van der Waals surface area contributed by atoms with Crippen LogP contribution in [0.15, 0.2) is 48.5 Å². The second-order valence-electron chi connectivity index (χ2n) is 5.99. The molecule has 2 amide bonds. The van der Waals surface area contributed by atoms with Gasteiger partial charge in [-0.1, -0.05) is 12.1 Å². The van der Waals surface area contributed by atoms with Crippen LogP contribution in [-0.4, -0.2) is 33.3 Å². The Balaban J connectivity index is 1.84. The quantitative estimate of drug-likeness (QED) is 0.853. The minimum Gasteiger partial charge on any atom is -0.497 e. The fraction of sp³-hybridized carbons (Fsp3) is 0.316. The van der Waals surface area contributed by atoms with Gasteiger partial charge in [-0.25, -0.2) is 4.79 Å². The Bertz CT molecular complexity index is 651. The van der Waals surface area contributed by atoms with Gasteiger partial charge in [-0.2, -0.15) is 0 Å². The predicted octanol–water partition coefficient (Wildman–Crippen LogP) is 3.51. The summed E-state index contributed by atoms with van der Waals surface area (Å²) in [6, 6.07) is 15.4. The third-order valence-corrected chi connectivity index (χ3v) is 3.72. The second-order valence-corrected chi connectivity index (χ2v) is 5.99. The normalized spacial score (nSPS) is 11.5. The molecule has 2 N–H and O–H groups in total. The van der Waals surface area contributed by atoms with Gasteiger partial charge in [-0.15, -0.1) is 0 Å². The highest BCUT2D eigenvalue weighted by Gasteiger charge is 2.09. The molecule has 0 heterocycles. The summed E-state index contributed by atoms with van der Waals surface area (Å²) in [6.45, 7) is 1.99. The van der Waals surface area contributed by atoms with Crippen LogP contribution in [0.25, 0.3) is 0 Å². The molecule has 0 spiro atoms. The summed E-state index contributed by atoms with van der Waals surface area (Å²) in [5.41, 5.74) is 3.09. The first-order valence-corrected chi connectivity index (χ1v) is 7.96. The molecule has 2 aromatic rings. The third kappa shape index (κ3) is 5.19. The maximum Gasteiger partial charge on any atom is 0.319 e. The molecular weight excluding hydrogens is 302 g/mol.